The van der Waals surface area contributed by atoms with Crippen molar-refractivity contribution in [3.05, 3.63) is 0 Å². The van der Waals surface area contributed by atoms with Gasteiger partial charge >= 0.3 is 17.9 Å². The molecule has 1 saturated carbocycles. The van der Waals surface area contributed by atoms with E-state index in [9.17, 15) is 14.4 Å². The zero-order valence-corrected chi connectivity index (χ0v) is 9.42. The van der Waals surface area contributed by atoms with Crippen LogP contribution in [-0.4, -0.2) is 35.2 Å². The summed E-state index contributed by atoms with van der Waals surface area (Å²) in [7, 11) is 0. The lowest BCUT2D eigenvalue weighted by atomic mass is 9.99. The first-order chi connectivity index (χ1) is 7.97. The maximum absolute atomic E-state index is 11.1. The predicted octanol–water partition coefficient (Wildman–Crippen LogP) is 0.344. The molecule has 17 heavy (non-hydrogen) atoms. The van der Waals surface area contributed by atoms with Crippen molar-refractivity contribution in [3.8, 4) is 0 Å². The highest BCUT2D eigenvalue weighted by Gasteiger charge is 2.52. The molecule has 0 aromatic heterocycles. The first-order valence-corrected chi connectivity index (χ1v) is 5.56. The van der Waals surface area contributed by atoms with Crippen LogP contribution in [0.2, 0.25) is 0 Å². The van der Waals surface area contributed by atoms with Crippen LogP contribution < -0.4 is 0 Å². The van der Waals surface area contributed by atoms with E-state index in [1.165, 1.54) is 6.92 Å². The summed E-state index contributed by atoms with van der Waals surface area (Å²) in [5.41, 5.74) is 0. The van der Waals surface area contributed by atoms with Gasteiger partial charge in [0.1, 0.15) is 12.2 Å². The second-order valence-electron chi connectivity index (χ2n) is 4.59. The summed E-state index contributed by atoms with van der Waals surface area (Å²) >= 11 is 0. The van der Waals surface area contributed by atoms with Crippen molar-refractivity contribution in [2.75, 3.05) is 0 Å². The number of rotatable bonds is 3. The normalized spacial score (nSPS) is 35.2. The Bertz CT molecular complexity index is 363. The molecule has 1 aliphatic carbocycles. The lowest BCUT2D eigenvalue weighted by molar-refractivity contribution is -0.162. The van der Waals surface area contributed by atoms with Gasteiger partial charge < -0.3 is 14.6 Å². The van der Waals surface area contributed by atoms with E-state index >= 15 is 0 Å². The Hall–Kier alpha value is -1.59. The number of esters is 2. The minimum Gasteiger partial charge on any atom is -0.481 e. The van der Waals surface area contributed by atoms with Gasteiger partial charge in [-0.1, -0.05) is 0 Å². The molecule has 0 amide bonds. The summed E-state index contributed by atoms with van der Waals surface area (Å²) in [4.78, 5) is 32.9. The Morgan fingerprint density at radius 2 is 2.24 bits per heavy atom. The Labute approximate surface area is 97.9 Å². The van der Waals surface area contributed by atoms with Gasteiger partial charge in [-0.2, -0.15) is 0 Å². The Morgan fingerprint density at radius 1 is 1.53 bits per heavy atom. The molecule has 94 valence electrons. The number of carbonyl (C=O) groups is 3. The number of carbonyl (C=O) groups excluding carboxylic acids is 2. The van der Waals surface area contributed by atoms with E-state index < -0.39 is 24.1 Å². The molecule has 6 nitrogen and oxygen atoms in total. The van der Waals surface area contributed by atoms with Crippen LogP contribution in [0.15, 0.2) is 0 Å². The van der Waals surface area contributed by atoms with Crippen LogP contribution in [-0.2, 0) is 23.9 Å². The maximum Gasteiger partial charge on any atom is 0.306 e. The lowest BCUT2D eigenvalue weighted by Gasteiger charge is -2.22. The van der Waals surface area contributed by atoms with E-state index in [0.717, 1.165) is 0 Å². The van der Waals surface area contributed by atoms with Crippen LogP contribution >= 0.6 is 0 Å². The molecular formula is C11H14O6. The number of carboxylic acid groups (broad SMARTS) is 1. The molecule has 2 rings (SSSR count). The maximum atomic E-state index is 11.1. The molecule has 2 fully saturated rings. The van der Waals surface area contributed by atoms with E-state index in [1.54, 1.807) is 0 Å². The molecule has 6 heteroatoms. The third-order valence-electron chi connectivity index (χ3n) is 3.29. The van der Waals surface area contributed by atoms with Gasteiger partial charge in [0.25, 0.3) is 0 Å². The molecule has 0 spiro atoms. The number of carboxylic acids is 1. The average Bonchev–Trinajstić information content (AvgIpc) is 2.64. The largest absolute Gasteiger partial charge is 0.481 e. The van der Waals surface area contributed by atoms with Gasteiger partial charge in [0.05, 0.1) is 12.8 Å². The molecule has 4 unspecified atom stereocenters. The lowest BCUT2D eigenvalue weighted by Crippen LogP contribution is -2.33. The first-order valence-electron chi connectivity index (χ1n) is 5.56. The highest BCUT2D eigenvalue weighted by Crippen LogP contribution is 2.43. The molecule has 0 bridgehead atoms. The van der Waals surface area contributed by atoms with E-state index in [4.69, 9.17) is 14.6 Å². The van der Waals surface area contributed by atoms with Gasteiger partial charge in [-0.05, 0) is 6.42 Å². The summed E-state index contributed by atoms with van der Waals surface area (Å²) in [5.74, 6) is -1.99. The van der Waals surface area contributed by atoms with Gasteiger partial charge in [0, 0.05) is 18.8 Å². The van der Waals surface area contributed by atoms with Crippen molar-refractivity contribution in [2.24, 2.45) is 11.8 Å². The summed E-state index contributed by atoms with van der Waals surface area (Å²) in [6.07, 6.45) is -0.294. The standard InChI is InChI=1S/C11H14O6/c1-5(12)16-10-6(3-8(13)14)2-7-4-9(15)17-11(7)10/h6-7,10-11H,2-4H2,1H3,(H,13,14). The third-order valence-corrected chi connectivity index (χ3v) is 3.29. The predicted molar refractivity (Wildman–Crippen MR) is 53.9 cm³/mol. The second kappa shape index (κ2) is 4.35. The fraction of sp³-hybridized carbons (Fsp3) is 0.727. The SMILES string of the molecule is CC(=O)OC1C(CC(=O)O)CC2CC(=O)OC21. The number of fused-ring (bicyclic) bond motifs is 1. The molecule has 2 aliphatic rings. The topological polar surface area (TPSA) is 89.9 Å². The van der Waals surface area contributed by atoms with Gasteiger partial charge in [0.15, 0.2) is 0 Å². The van der Waals surface area contributed by atoms with E-state index in [-0.39, 0.29) is 24.2 Å². The summed E-state index contributed by atoms with van der Waals surface area (Å²) < 4.78 is 10.2. The molecule has 1 saturated heterocycles. The third kappa shape index (κ3) is 2.40. The second-order valence-corrected chi connectivity index (χ2v) is 4.59. The van der Waals surface area contributed by atoms with Crippen molar-refractivity contribution in [1.29, 1.82) is 0 Å². The fourth-order valence-corrected chi connectivity index (χ4v) is 2.75. The van der Waals surface area contributed by atoms with Crippen LogP contribution in [0, 0.1) is 11.8 Å². The molecule has 0 aromatic rings. The fourth-order valence-electron chi connectivity index (χ4n) is 2.75. The molecule has 1 N–H and O–H groups in total. The number of hydrogen-bond acceptors (Lipinski definition) is 5. The van der Waals surface area contributed by atoms with E-state index in [2.05, 4.69) is 0 Å². The van der Waals surface area contributed by atoms with E-state index in [1.807, 2.05) is 0 Å². The molecular weight excluding hydrogens is 228 g/mol. The molecule has 0 radical (unpaired) electrons. The first kappa shape index (κ1) is 11.9. The van der Waals surface area contributed by atoms with E-state index in [0.29, 0.717) is 12.8 Å². The zero-order valence-electron chi connectivity index (χ0n) is 9.42. The van der Waals surface area contributed by atoms with Crippen molar-refractivity contribution >= 4 is 17.9 Å². The number of aliphatic carboxylic acids is 1. The van der Waals surface area contributed by atoms with Crippen LogP contribution in [0.25, 0.3) is 0 Å². The van der Waals surface area contributed by atoms with Crippen molar-refractivity contribution in [1.82, 2.24) is 0 Å². The smallest absolute Gasteiger partial charge is 0.306 e. The molecule has 4 atom stereocenters. The van der Waals surface area contributed by atoms with Crippen LogP contribution in [0.5, 0.6) is 0 Å². The Kier molecular flexibility index (Phi) is 3.04. The molecule has 1 heterocycles. The Balaban J connectivity index is 2.10. The minimum atomic E-state index is -0.932. The van der Waals surface area contributed by atoms with Crippen LogP contribution in [0.1, 0.15) is 26.2 Å². The minimum absolute atomic E-state index is 0.0174. The van der Waals surface area contributed by atoms with Crippen molar-refractivity contribution in [2.45, 2.75) is 38.4 Å². The van der Waals surface area contributed by atoms with Gasteiger partial charge in [-0.3, -0.25) is 14.4 Å². The zero-order chi connectivity index (χ0) is 12.6. The number of ether oxygens (including phenoxy) is 2. The summed E-state index contributed by atoms with van der Waals surface area (Å²) in [6, 6.07) is 0. The van der Waals surface area contributed by atoms with Crippen LogP contribution in [0.3, 0.4) is 0 Å². The van der Waals surface area contributed by atoms with Gasteiger partial charge in [-0.25, -0.2) is 0 Å². The highest BCUT2D eigenvalue weighted by molar-refractivity contribution is 5.73. The van der Waals surface area contributed by atoms with Crippen molar-refractivity contribution in [3.63, 3.8) is 0 Å². The number of hydrogen-bond donors (Lipinski definition) is 1. The molecule has 0 aromatic carbocycles. The quantitative estimate of drug-likeness (QED) is 0.718. The summed E-state index contributed by atoms with van der Waals surface area (Å²) in [5, 5.41) is 8.79. The Morgan fingerprint density at radius 3 is 2.82 bits per heavy atom. The average molecular weight is 242 g/mol. The molecule has 1 aliphatic heterocycles. The van der Waals surface area contributed by atoms with Gasteiger partial charge in [0.2, 0.25) is 0 Å². The highest BCUT2D eigenvalue weighted by atomic mass is 16.6. The van der Waals surface area contributed by atoms with Gasteiger partial charge in [-0.15, -0.1) is 0 Å². The summed E-state index contributed by atoms with van der Waals surface area (Å²) in [6.45, 7) is 1.27. The van der Waals surface area contributed by atoms with Crippen LogP contribution in [0.4, 0.5) is 0 Å². The monoisotopic (exact) mass is 242 g/mol. The van der Waals surface area contributed by atoms with Crippen molar-refractivity contribution < 1.29 is 29.0 Å².